The van der Waals surface area contributed by atoms with Gasteiger partial charge in [-0.3, -0.25) is 0 Å². The summed E-state index contributed by atoms with van der Waals surface area (Å²) in [5, 5.41) is 9.24. The standard InChI is InChI=1S/C16H17BrO3/c1-11-3-6-16(19-2)13(7-11)10-20-14-4-5-15(17)12(8-14)9-18/h3-8,18H,9-10H2,1-2H3. The first-order chi connectivity index (χ1) is 9.63. The molecule has 0 fully saturated rings. The number of aliphatic hydroxyl groups is 1. The van der Waals surface area contributed by atoms with Gasteiger partial charge in [0, 0.05) is 10.0 Å². The first-order valence-electron chi connectivity index (χ1n) is 6.29. The fraction of sp³-hybridized carbons (Fsp3) is 0.250. The average molecular weight is 337 g/mol. The van der Waals surface area contributed by atoms with Crippen LogP contribution in [0, 0.1) is 6.92 Å². The van der Waals surface area contributed by atoms with Crippen LogP contribution < -0.4 is 9.47 Å². The van der Waals surface area contributed by atoms with E-state index in [4.69, 9.17) is 9.47 Å². The molecule has 0 bridgehead atoms. The van der Waals surface area contributed by atoms with Crippen molar-refractivity contribution in [1.29, 1.82) is 0 Å². The van der Waals surface area contributed by atoms with Gasteiger partial charge in [0.25, 0.3) is 0 Å². The summed E-state index contributed by atoms with van der Waals surface area (Å²) in [6.07, 6.45) is 0. The first kappa shape index (κ1) is 14.9. The molecule has 0 radical (unpaired) electrons. The summed E-state index contributed by atoms with van der Waals surface area (Å²) < 4.78 is 12.0. The lowest BCUT2D eigenvalue weighted by atomic mass is 10.1. The molecule has 20 heavy (non-hydrogen) atoms. The number of benzene rings is 2. The third-order valence-electron chi connectivity index (χ3n) is 3.02. The Hall–Kier alpha value is -1.52. The summed E-state index contributed by atoms with van der Waals surface area (Å²) in [6, 6.07) is 11.6. The van der Waals surface area contributed by atoms with Crippen LogP contribution in [0.4, 0.5) is 0 Å². The number of hydrogen-bond acceptors (Lipinski definition) is 3. The van der Waals surface area contributed by atoms with Crippen LogP contribution in [0.5, 0.6) is 11.5 Å². The quantitative estimate of drug-likeness (QED) is 0.901. The normalized spacial score (nSPS) is 10.4. The Morgan fingerprint density at radius 3 is 2.60 bits per heavy atom. The van der Waals surface area contributed by atoms with Crippen LogP contribution in [0.2, 0.25) is 0 Å². The SMILES string of the molecule is COc1ccc(C)cc1COc1ccc(Br)c(CO)c1. The van der Waals surface area contributed by atoms with Gasteiger partial charge in [0.05, 0.1) is 13.7 Å². The minimum atomic E-state index is -0.0223. The van der Waals surface area contributed by atoms with Crippen molar-refractivity contribution in [3.63, 3.8) is 0 Å². The molecule has 2 aromatic carbocycles. The van der Waals surface area contributed by atoms with E-state index in [9.17, 15) is 5.11 Å². The van der Waals surface area contributed by atoms with Crippen LogP contribution in [-0.4, -0.2) is 12.2 Å². The lowest BCUT2D eigenvalue weighted by molar-refractivity contribution is 0.276. The van der Waals surface area contributed by atoms with Crippen LogP contribution in [0.3, 0.4) is 0 Å². The monoisotopic (exact) mass is 336 g/mol. The molecule has 0 heterocycles. The number of ether oxygens (including phenoxy) is 2. The van der Waals surface area contributed by atoms with Crippen molar-refractivity contribution in [3.8, 4) is 11.5 Å². The van der Waals surface area contributed by atoms with Crippen LogP contribution in [0.25, 0.3) is 0 Å². The first-order valence-corrected chi connectivity index (χ1v) is 7.09. The third-order valence-corrected chi connectivity index (χ3v) is 3.79. The van der Waals surface area contributed by atoms with Crippen LogP contribution in [-0.2, 0) is 13.2 Å². The maximum atomic E-state index is 9.24. The van der Waals surface area contributed by atoms with Gasteiger partial charge >= 0.3 is 0 Å². The minimum Gasteiger partial charge on any atom is -0.496 e. The van der Waals surface area contributed by atoms with E-state index in [1.807, 2.05) is 43.3 Å². The fourth-order valence-electron chi connectivity index (χ4n) is 1.94. The largest absolute Gasteiger partial charge is 0.496 e. The van der Waals surface area contributed by atoms with E-state index in [1.165, 1.54) is 0 Å². The van der Waals surface area contributed by atoms with Gasteiger partial charge in [-0.1, -0.05) is 27.6 Å². The molecule has 0 saturated carbocycles. The smallest absolute Gasteiger partial charge is 0.125 e. The van der Waals surface area contributed by atoms with E-state index < -0.39 is 0 Å². The Morgan fingerprint density at radius 2 is 1.90 bits per heavy atom. The van der Waals surface area contributed by atoms with E-state index in [2.05, 4.69) is 15.9 Å². The Kier molecular flexibility index (Phi) is 5.04. The highest BCUT2D eigenvalue weighted by molar-refractivity contribution is 9.10. The lowest BCUT2D eigenvalue weighted by Crippen LogP contribution is -2.00. The highest BCUT2D eigenvalue weighted by atomic mass is 79.9. The maximum absolute atomic E-state index is 9.24. The summed E-state index contributed by atoms with van der Waals surface area (Å²) in [7, 11) is 1.65. The summed E-state index contributed by atoms with van der Waals surface area (Å²) in [6.45, 7) is 2.44. The van der Waals surface area contributed by atoms with Crippen molar-refractivity contribution in [2.75, 3.05) is 7.11 Å². The predicted molar refractivity (Wildman–Crippen MR) is 82.1 cm³/mol. The third kappa shape index (κ3) is 3.52. The van der Waals surface area contributed by atoms with Gasteiger partial charge in [0.15, 0.2) is 0 Å². The topological polar surface area (TPSA) is 38.7 Å². The van der Waals surface area contributed by atoms with Gasteiger partial charge in [-0.2, -0.15) is 0 Å². The van der Waals surface area contributed by atoms with Gasteiger partial charge in [-0.05, 0) is 42.8 Å². The van der Waals surface area contributed by atoms with Crippen LogP contribution in [0.1, 0.15) is 16.7 Å². The van der Waals surface area contributed by atoms with Crippen molar-refractivity contribution in [2.45, 2.75) is 20.1 Å². The van der Waals surface area contributed by atoms with E-state index in [1.54, 1.807) is 7.11 Å². The Morgan fingerprint density at radius 1 is 1.10 bits per heavy atom. The number of aryl methyl sites for hydroxylation is 1. The molecular formula is C16H17BrO3. The zero-order valence-corrected chi connectivity index (χ0v) is 13.1. The molecule has 0 spiro atoms. The summed E-state index contributed by atoms with van der Waals surface area (Å²) >= 11 is 3.38. The van der Waals surface area contributed by atoms with Crippen molar-refractivity contribution in [3.05, 3.63) is 57.6 Å². The van der Waals surface area contributed by atoms with Gasteiger partial charge < -0.3 is 14.6 Å². The molecular weight excluding hydrogens is 320 g/mol. The number of rotatable bonds is 5. The second-order valence-electron chi connectivity index (χ2n) is 4.52. The molecule has 1 N–H and O–H groups in total. The summed E-state index contributed by atoms with van der Waals surface area (Å²) in [5.74, 6) is 1.54. The molecule has 0 aliphatic carbocycles. The fourth-order valence-corrected chi connectivity index (χ4v) is 2.32. The van der Waals surface area contributed by atoms with Gasteiger partial charge in [0.2, 0.25) is 0 Å². The van der Waals surface area contributed by atoms with Crippen molar-refractivity contribution in [2.24, 2.45) is 0 Å². The molecule has 0 atom stereocenters. The maximum Gasteiger partial charge on any atom is 0.125 e. The molecule has 0 amide bonds. The molecule has 0 aromatic heterocycles. The van der Waals surface area contributed by atoms with E-state index >= 15 is 0 Å². The van der Waals surface area contributed by atoms with Gasteiger partial charge in [0.1, 0.15) is 18.1 Å². The molecule has 2 rings (SSSR count). The second kappa shape index (κ2) is 6.77. The molecule has 2 aromatic rings. The molecule has 3 nitrogen and oxygen atoms in total. The molecule has 0 aliphatic heterocycles. The second-order valence-corrected chi connectivity index (χ2v) is 5.37. The molecule has 106 valence electrons. The summed E-state index contributed by atoms with van der Waals surface area (Å²) in [4.78, 5) is 0. The molecule has 4 heteroatoms. The van der Waals surface area contributed by atoms with Crippen molar-refractivity contribution < 1.29 is 14.6 Å². The van der Waals surface area contributed by atoms with Crippen molar-refractivity contribution in [1.82, 2.24) is 0 Å². The number of halogens is 1. The van der Waals surface area contributed by atoms with Crippen LogP contribution >= 0.6 is 15.9 Å². The molecule has 0 saturated heterocycles. The predicted octanol–water partition coefficient (Wildman–Crippen LogP) is 3.84. The minimum absolute atomic E-state index is 0.0223. The molecule has 0 aliphatic rings. The highest BCUT2D eigenvalue weighted by Gasteiger charge is 2.06. The Labute approximate surface area is 127 Å². The Balaban J connectivity index is 2.14. The zero-order valence-electron chi connectivity index (χ0n) is 11.5. The van der Waals surface area contributed by atoms with E-state index in [0.717, 1.165) is 32.7 Å². The molecule has 0 unspecified atom stereocenters. The number of methoxy groups -OCH3 is 1. The van der Waals surface area contributed by atoms with Gasteiger partial charge in [-0.25, -0.2) is 0 Å². The van der Waals surface area contributed by atoms with E-state index in [-0.39, 0.29) is 6.61 Å². The number of aliphatic hydroxyl groups excluding tert-OH is 1. The van der Waals surface area contributed by atoms with Gasteiger partial charge in [-0.15, -0.1) is 0 Å². The van der Waals surface area contributed by atoms with Crippen LogP contribution in [0.15, 0.2) is 40.9 Å². The number of hydrogen-bond donors (Lipinski definition) is 1. The summed E-state index contributed by atoms with van der Waals surface area (Å²) in [5.41, 5.74) is 2.97. The van der Waals surface area contributed by atoms with Crippen molar-refractivity contribution >= 4 is 15.9 Å². The van der Waals surface area contributed by atoms with E-state index in [0.29, 0.717) is 6.61 Å². The zero-order chi connectivity index (χ0) is 14.5. The average Bonchev–Trinajstić information content (AvgIpc) is 2.46. The lowest BCUT2D eigenvalue weighted by Gasteiger charge is -2.12. The Bertz CT molecular complexity index is 596. The highest BCUT2D eigenvalue weighted by Crippen LogP contribution is 2.25.